The number of benzene rings is 1. The van der Waals surface area contributed by atoms with Gasteiger partial charge >= 0.3 is 0 Å². The van der Waals surface area contributed by atoms with E-state index in [2.05, 4.69) is 44.4 Å². The van der Waals surface area contributed by atoms with Gasteiger partial charge in [0.2, 0.25) is 0 Å². The fourth-order valence-electron chi connectivity index (χ4n) is 1.76. The van der Waals surface area contributed by atoms with Gasteiger partial charge in [-0.3, -0.25) is 0 Å². The standard InChI is InChI=1S/C18H23N/c1-4-5-6-10-15(2)11-9-13-17-12-7-8-14-18(17)16(3)19/h6-10,12-14H,2-5,11,19H2,1H3/b10-6-,13-9-. The Kier molecular flexibility index (Phi) is 6.45. The van der Waals surface area contributed by atoms with E-state index in [-0.39, 0.29) is 0 Å². The first-order valence-electron chi connectivity index (χ1n) is 6.69. The van der Waals surface area contributed by atoms with Crippen LogP contribution in [0.25, 0.3) is 11.8 Å². The smallest absolute Gasteiger partial charge is 0.0320 e. The molecule has 19 heavy (non-hydrogen) atoms. The van der Waals surface area contributed by atoms with Crippen LogP contribution >= 0.6 is 0 Å². The molecule has 0 bridgehead atoms. The molecule has 0 fully saturated rings. The zero-order valence-electron chi connectivity index (χ0n) is 11.7. The topological polar surface area (TPSA) is 26.0 Å². The van der Waals surface area contributed by atoms with Gasteiger partial charge in [-0.1, -0.05) is 80.6 Å². The maximum atomic E-state index is 5.77. The number of nitrogens with two attached hydrogens (primary N) is 1. The summed E-state index contributed by atoms with van der Waals surface area (Å²) in [5.74, 6) is 0. The van der Waals surface area contributed by atoms with Crippen LogP contribution in [-0.4, -0.2) is 0 Å². The van der Waals surface area contributed by atoms with Crippen LogP contribution in [0.1, 0.15) is 37.3 Å². The van der Waals surface area contributed by atoms with Gasteiger partial charge in [-0.15, -0.1) is 0 Å². The van der Waals surface area contributed by atoms with Crippen molar-refractivity contribution in [1.29, 1.82) is 0 Å². The molecule has 0 amide bonds. The van der Waals surface area contributed by atoms with Gasteiger partial charge in [0.15, 0.2) is 0 Å². The average Bonchev–Trinajstić information content (AvgIpc) is 2.39. The van der Waals surface area contributed by atoms with Crippen molar-refractivity contribution < 1.29 is 0 Å². The number of hydrogen-bond acceptors (Lipinski definition) is 1. The molecule has 1 nitrogen and oxygen atoms in total. The Bertz CT molecular complexity index is 492. The lowest BCUT2D eigenvalue weighted by molar-refractivity contribution is 0.957. The minimum atomic E-state index is 0.599. The first kappa shape index (κ1) is 15.0. The van der Waals surface area contributed by atoms with Crippen LogP contribution in [0.4, 0.5) is 0 Å². The van der Waals surface area contributed by atoms with Gasteiger partial charge in [0.1, 0.15) is 0 Å². The first-order chi connectivity index (χ1) is 9.15. The molecular formula is C18H23N. The molecule has 2 N–H and O–H groups in total. The van der Waals surface area contributed by atoms with E-state index in [1.54, 1.807) is 0 Å². The molecule has 0 atom stereocenters. The second-order valence-electron chi connectivity index (χ2n) is 4.57. The highest BCUT2D eigenvalue weighted by atomic mass is 14.6. The molecular weight excluding hydrogens is 230 g/mol. The first-order valence-corrected chi connectivity index (χ1v) is 6.69. The molecule has 0 heterocycles. The summed E-state index contributed by atoms with van der Waals surface area (Å²) in [5.41, 5.74) is 9.58. The van der Waals surface area contributed by atoms with Crippen molar-refractivity contribution in [3.8, 4) is 0 Å². The van der Waals surface area contributed by atoms with Crippen LogP contribution < -0.4 is 5.73 Å². The average molecular weight is 253 g/mol. The number of allylic oxidation sites excluding steroid dienone is 4. The Morgan fingerprint density at radius 3 is 2.63 bits per heavy atom. The monoisotopic (exact) mass is 253 g/mol. The van der Waals surface area contributed by atoms with E-state index in [1.807, 2.05) is 24.3 Å². The highest BCUT2D eigenvalue weighted by molar-refractivity contribution is 5.71. The molecule has 1 aromatic rings. The Balaban J connectivity index is 2.63. The van der Waals surface area contributed by atoms with Gasteiger partial charge in [-0.25, -0.2) is 0 Å². The molecule has 100 valence electrons. The van der Waals surface area contributed by atoms with Crippen LogP contribution in [0.2, 0.25) is 0 Å². The van der Waals surface area contributed by atoms with Crippen LogP contribution in [0.5, 0.6) is 0 Å². The summed E-state index contributed by atoms with van der Waals surface area (Å²) in [5, 5.41) is 0. The van der Waals surface area contributed by atoms with Gasteiger partial charge < -0.3 is 5.73 Å². The summed E-state index contributed by atoms with van der Waals surface area (Å²) < 4.78 is 0. The van der Waals surface area contributed by atoms with E-state index in [0.717, 1.165) is 29.5 Å². The van der Waals surface area contributed by atoms with Gasteiger partial charge in [0.05, 0.1) is 0 Å². The minimum absolute atomic E-state index is 0.599. The van der Waals surface area contributed by atoms with Gasteiger partial charge in [0, 0.05) is 11.3 Å². The van der Waals surface area contributed by atoms with Crippen LogP contribution in [0.3, 0.4) is 0 Å². The Morgan fingerprint density at radius 2 is 1.95 bits per heavy atom. The molecule has 0 radical (unpaired) electrons. The number of rotatable bonds is 7. The van der Waals surface area contributed by atoms with Crippen molar-refractivity contribution in [2.45, 2.75) is 26.2 Å². The molecule has 0 aliphatic rings. The van der Waals surface area contributed by atoms with Gasteiger partial charge in [0.25, 0.3) is 0 Å². The maximum Gasteiger partial charge on any atom is 0.0320 e. The molecule has 1 aromatic carbocycles. The third-order valence-electron chi connectivity index (χ3n) is 2.79. The summed E-state index contributed by atoms with van der Waals surface area (Å²) in [6.45, 7) is 10.00. The van der Waals surface area contributed by atoms with E-state index in [0.29, 0.717) is 5.70 Å². The Hall–Kier alpha value is -2.02. The SMILES string of the molecule is C=C(/C=C\CCC)C/C=C\c1ccccc1C(=C)N. The van der Waals surface area contributed by atoms with Crippen molar-refractivity contribution in [3.05, 3.63) is 72.4 Å². The predicted molar refractivity (Wildman–Crippen MR) is 86.5 cm³/mol. The van der Waals surface area contributed by atoms with E-state index >= 15 is 0 Å². The van der Waals surface area contributed by atoms with Gasteiger partial charge in [-0.2, -0.15) is 0 Å². The third-order valence-corrected chi connectivity index (χ3v) is 2.79. The lowest BCUT2D eigenvalue weighted by Gasteiger charge is -2.04. The number of unbranched alkanes of at least 4 members (excludes halogenated alkanes) is 1. The fraction of sp³-hybridized carbons (Fsp3) is 0.222. The third kappa shape index (κ3) is 5.43. The molecule has 1 heteroatoms. The summed E-state index contributed by atoms with van der Waals surface area (Å²) >= 11 is 0. The van der Waals surface area contributed by atoms with Gasteiger partial charge in [-0.05, 0) is 18.4 Å². The normalized spacial score (nSPS) is 11.2. The summed E-state index contributed by atoms with van der Waals surface area (Å²) in [6, 6.07) is 8.00. The summed E-state index contributed by atoms with van der Waals surface area (Å²) in [7, 11) is 0. The molecule has 0 saturated carbocycles. The van der Waals surface area contributed by atoms with E-state index in [4.69, 9.17) is 5.73 Å². The van der Waals surface area contributed by atoms with Crippen LogP contribution in [-0.2, 0) is 0 Å². The summed E-state index contributed by atoms with van der Waals surface area (Å²) in [4.78, 5) is 0. The van der Waals surface area contributed by atoms with Crippen molar-refractivity contribution in [2.24, 2.45) is 5.73 Å². The lowest BCUT2D eigenvalue weighted by atomic mass is 10.0. The highest BCUT2D eigenvalue weighted by Gasteiger charge is 1.98. The van der Waals surface area contributed by atoms with Crippen molar-refractivity contribution in [3.63, 3.8) is 0 Å². The molecule has 1 rings (SSSR count). The Labute approximate surface area is 116 Å². The second-order valence-corrected chi connectivity index (χ2v) is 4.57. The highest BCUT2D eigenvalue weighted by Crippen LogP contribution is 2.16. The molecule has 0 saturated heterocycles. The molecule has 0 unspecified atom stereocenters. The minimum Gasteiger partial charge on any atom is -0.399 e. The zero-order valence-corrected chi connectivity index (χ0v) is 11.7. The number of hydrogen-bond donors (Lipinski definition) is 1. The van der Waals surface area contributed by atoms with Crippen molar-refractivity contribution in [2.75, 3.05) is 0 Å². The van der Waals surface area contributed by atoms with E-state index < -0.39 is 0 Å². The molecule has 0 spiro atoms. The van der Waals surface area contributed by atoms with Crippen molar-refractivity contribution in [1.82, 2.24) is 0 Å². The lowest BCUT2D eigenvalue weighted by Crippen LogP contribution is -1.96. The maximum absolute atomic E-state index is 5.77. The largest absolute Gasteiger partial charge is 0.399 e. The molecule has 0 aliphatic carbocycles. The zero-order chi connectivity index (χ0) is 14.1. The molecule has 0 aliphatic heterocycles. The van der Waals surface area contributed by atoms with Crippen LogP contribution in [0.15, 0.2) is 61.2 Å². The van der Waals surface area contributed by atoms with E-state index in [9.17, 15) is 0 Å². The Morgan fingerprint density at radius 1 is 1.21 bits per heavy atom. The predicted octanol–water partition coefficient (Wildman–Crippen LogP) is 4.93. The quantitative estimate of drug-likeness (QED) is 0.685. The van der Waals surface area contributed by atoms with Crippen LogP contribution in [0, 0.1) is 0 Å². The van der Waals surface area contributed by atoms with Crippen molar-refractivity contribution >= 4 is 11.8 Å². The molecule has 0 aromatic heterocycles. The summed E-state index contributed by atoms with van der Waals surface area (Å²) in [6.07, 6.45) is 11.6. The fourth-order valence-corrected chi connectivity index (χ4v) is 1.76. The van der Waals surface area contributed by atoms with E-state index in [1.165, 1.54) is 6.42 Å². The second kappa shape index (κ2) is 8.15.